The number of nitrogen functional groups attached to an aromatic ring is 1. The predicted molar refractivity (Wildman–Crippen MR) is 115 cm³/mol. The maximum Gasteiger partial charge on any atom is 0.311 e. The number of para-hydroxylation sites is 1. The van der Waals surface area contributed by atoms with Gasteiger partial charge in [0.25, 0.3) is 5.91 Å². The van der Waals surface area contributed by atoms with E-state index in [0.717, 1.165) is 6.07 Å². The van der Waals surface area contributed by atoms with E-state index >= 15 is 0 Å². The smallest absolute Gasteiger partial charge is 0.311 e. The molecule has 3 N–H and O–H groups in total. The lowest BCUT2D eigenvalue weighted by atomic mass is 9.99. The van der Waals surface area contributed by atoms with Crippen molar-refractivity contribution in [3.63, 3.8) is 0 Å². The molecule has 1 amide bonds. The van der Waals surface area contributed by atoms with Crippen LogP contribution >= 0.6 is 0 Å². The largest absolute Gasteiger partial charge is 0.497 e. The summed E-state index contributed by atoms with van der Waals surface area (Å²) in [5.41, 5.74) is 6.45. The number of hydrogen-bond donors (Lipinski definition) is 2. The highest BCUT2D eigenvalue weighted by Crippen LogP contribution is 2.31. The fourth-order valence-electron chi connectivity index (χ4n) is 2.96. The molecule has 0 aromatic heterocycles. The number of nitro benzene ring substituents is 1. The number of benzene rings is 3. The number of carbonyl (C=O) groups excluding carboxylic acids is 2. The Kier molecular flexibility index (Phi) is 6.15. The zero-order valence-electron chi connectivity index (χ0n) is 16.7. The molecule has 3 aromatic rings. The fraction of sp³-hybridized carbons (Fsp3) is 0.0909. The minimum atomic E-state index is -0.638. The Morgan fingerprint density at radius 3 is 2.26 bits per heavy atom. The van der Waals surface area contributed by atoms with Crippen molar-refractivity contribution < 1.29 is 24.0 Å². The summed E-state index contributed by atoms with van der Waals surface area (Å²) in [5.74, 6) is -0.395. The highest BCUT2D eigenvalue weighted by molar-refractivity contribution is 6.17. The van der Waals surface area contributed by atoms with Crippen LogP contribution in [0.25, 0.3) is 0 Å². The summed E-state index contributed by atoms with van der Waals surface area (Å²) in [4.78, 5) is 36.4. The Balaban J connectivity index is 1.97. The van der Waals surface area contributed by atoms with Gasteiger partial charge in [-0.15, -0.1) is 0 Å². The van der Waals surface area contributed by atoms with Crippen LogP contribution in [-0.4, -0.2) is 30.8 Å². The topological polar surface area (TPSA) is 134 Å². The monoisotopic (exact) mass is 421 g/mol. The number of ether oxygens (including phenoxy) is 2. The van der Waals surface area contributed by atoms with Crippen molar-refractivity contribution in [2.75, 3.05) is 25.3 Å². The van der Waals surface area contributed by atoms with Crippen LogP contribution in [0.15, 0.2) is 60.7 Å². The molecule has 0 heterocycles. The van der Waals surface area contributed by atoms with Gasteiger partial charge in [-0.1, -0.05) is 6.07 Å². The number of nitrogens with one attached hydrogen (secondary N) is 1. The molecule has 0 aliphatic carbocycles. The molecule has 0 spiro atoms. The summed E-state index contributed by atoms with van der Waals surface area (Å²) in [6.07, 6.45) is 0. The first-order chi connectivity index (χ1) is 14.8. The minimum absolute atomic E-state index is 0.0298. The first-order valence-corrected chi connectivity index (χ1v) is 9.06. The van der Waals surface area contributed by atoms with Gasteiger partial charge >= 0.3 is 5.69 Å². The number of amides is 1. The summed E-state index contributed by atoms with van der Waals surface area (Å²) in [6.45, 7) is 0. The molecular weight excluding hydrogens is 402 g/mol. The van der Waals surface area contributed by atoms with Crippen LogP contribution in [0.5, 0.6) is 11.5 Å². The third-order valence-electron chi connectivity index (χ3n) is 4.57. The molecule has 0 aliphatic heterocycles. The molecule has 0 saturated carbocycles. The molecule has 0 bridgehead atoms. The second-order valence-corrected chi connectivity index (χ2v) is 6.43. The number of rotatable bonds is 7. The second kappa shape index (κ2) is 8.95. The highest BCUT2D eigenvalue weighted by atomic mass is 16.6. The summed E-state index contributed by atoms with van der Waals surface area (Å²) >= 11 is 0. The number of ketones is 1. The lowest BCUT2D eigenvalue weighted by Crippen LogP contribution is -2.17. The molecular formula is C22H19N3O6. The third-order valence-corrected chi connectivity index (χ3v) is 4.57. The Labute approximate surface area is 177 Å². The summed E-state index contributed by atoms with van der Waals surface area (Å²) in [6, 6.07) is 14.9. The maximum absolute atomic E-state index is 13.1. The van der Waals surface area contributed by atoms with Crippen molar-refractivity contribution in [1.29, 1.82) is 0 Å². The molecule has 3 aromatic carbocycles. The number of carbonyl (C=O) groups is 2. The van der Waals surface area contributed by atoms with Gasteiger partial charge in [-0.2, -0.15) is 0 Å². The Bertz CT molecular complexity index is 1160. The highest BCUT2D eigenvalue weighted by Gasteiger charge is 2.22. The van der Waals surface area contributed by atoms with Crippen LogP contribution < -0.4 is 20.5 Å². The molecule has 31 heavy (non-hydrogen) atoms. The third kappa shape index (κ3) is 4.45. The van der Waals surface area contributed by atoms with E-state index in [0.29, 0.717) is 11.3 Å². The van der Waals surface area contributed by atoms with E-state index in [4.69, 9.17) is 15.2 Å². The van der Waals surface area contributed by atoms with Crippen molar-refractivity contribution in [3.8, 4) is 11.5 Å². The van der Waals surface area contributed by atoms with Gasteiger partial charge < -0.3 is 20.5 Å². The lowest BCUT2D eigenvalue weighted by Gasteiger charge is -2.14. The molecule has 0 fully saturated rings. The van der Waals surface area contributed by atoms with Crippen molar-refractivity contribution in [2.24, 2.45) is 0 Å². The number of nitrogens with two attached hydrogens (primary N) is 1. The predicted octanol–water partition coefficient (Wildman–Crippen LogP) is 3.68. The van der Waals surface area contributed by atoms with E-state index in [1.807, 2.05) is 0 Å². The first-order valence-electron chi connectivity index (χ1n) is 9.06. The quantitative estimate of drug-likeness (QED) is 0.257. The van der Waals surface area contributed by atoms with Gasteiger partial charge in [0, 0.05) is 22.8 Å². The van der Waals surface area contributed by atoms with Gasteiger partial charge in [-0.3, -0.25) is 19.7 Å². The normalized spacial score (nSPS) is 10.3. The van der Waals surface area contributed by atoms with Crippen molar-refractivity contribution in [3.05, 3.63) is 87.5 Å². The average Bonchev–Trinajstić information content (AvgIpc) is 2.79. The Hall–Kier alpha value is -4.40. The summed E-state index contributed by atoms with van der Waals surface area (Å²) < 4.78 is 10.0. The lowest BCUT2D eigenvalue weighted by molar-refractivity contribution is -0.385. The minimum Gasteiger partial charge on any atom is -0.497 e. The number of nitrogens with zero attached hydrogens (tertiary/aromatic N) is 1. The van der Waals surface area contributed by atoms with Crippen LogP contribution in [0, 0.1) is 10.1 Å². The van der Waals surface area contributed by atoms with E-state index in [1.54, 1.807) is 30.3 Å². The summed E-state index contributed by atoms with van der Waals surface area (Å²) in [7, 11) is 2.82. The van der Waals surface area contributed by atoms with Gasteiger partial charge in [0.2, 0.25) is 0 Å². The van der Waals surface area contributed by atoms with Crippen molar-refractivity contribution in [1.82, 2.24) is 0 Å². The van der Waals surface area contributed by atoms with E-state index in [9.17, 15) is 19.7 Å². The number of nitro groups is 1. The van der Waals surface area contributed by atoms with Crippen molar-refractivity contribution in [2.45, 2.75) is 0 Å². The zero-order valence-corrected chi connectivity index (χ0v) is 16.7. The standard InChI is InChI=1S/C22H19N3O6/c1-30-15-9-6-13(7-10-15)22(27)24-20-16(4-3-5-17(20)23)21(26)14-8-11-19(31-2)18(12-14)25(28)29/h3-12H,23H2,1-2H3,(H,24,27). The van der Waals surface area contributed by atoms with E-state index in [2.05, 4.69) is 5.32 Å². The molecule has 0 aliphatic rings. The van der Waals surface area contributed by atoms with Crippen LogP contribution in [0.1, 0.15) is 26.3 Å². The van der Waals surface area contributed by atoms with Crippen molar-refractivity contribution >= 4 is 28.8 Å². The Morgan fingerprint density at radius 2 is 1.65 bits per heavy atom. The Morgan fingerprint density at radius 1 is 0.968 bits per heavy atom. The number of methoxy groups -OCH3 is 2. The molecule has 158 valence electrons. The van der Waals surface area contributed by atoms with Crippen LogP contribution in [0.3, 0.4) is 0 Å². The van der Waals surface area contributed by atoms with Gasteiger partial charge in [0.1, 0.15) is 5.75 Å². The number of hydrogen-bond acceptors (Lipinski definition) is 7. The molecule has 9 nitrogen and oxygen atoms in total. The number of anilines is 2. The van der Waals surface area contributed by atoms with Crippen LogP contribution in [0.2, 0.25) is 0 Å². The van der Waals surface area contributed by atoms with Crippen LogP contribution in [0.4, 0.5) is 17.1 Å². The molecule has 0 radical (unpaired) electrons. The van der Waals surface area contributed by atoms with Gasteiger partial charge in [0.05, 0.1) is 30.5 Å². The SMILES string of the molecule is COc1ccc(C(=O)Nc2c(N)cccc2C(=O)c2ccc(OC)c([N+](=O)[O-])c2)cc1. The first kappa shape index (κ1) is 21.3. The zero-order chi connectivity index (χ0) is 22.5. The average molecular weight is 421 g/mol. The van der Waals surface area contributed by atoms with E-state index in [1.165, 1.54) is 38.5 Å². The second-order valence-electron chi connectivity index (χ2n) is 6.43. The van der Waals surface area contributed by atoms with Crippen LogP contribution in [-0.2, 0) is 0 Å². The molecule has 9 heteroatoms. The maximum atomic E-state index is 13.1. The van der Waals surface area contributed by atoms with Gasteiger partial charge in [-0.25, -0.2) is 0 Å². The summed E-state index contributed by atoms with van der Waals surface area (Å²) in [5, 5.41) is 13.9. The molecule has 0 unspecified atom stereocenters. The molecule has 0 saturated heterocycles. The van der Waals surface area contributed by atoms with Gasteiger partial charge in [0.15, 0.2) is 11.5 Å². The fourth-order valence-corrected chi connectivity index (χ4v) is 2.96. The van der Waals surface area contributed by atoms with E-state index < -0.39 is 16.6 Å². The molecule has 3 rings (SSSR count). The molecule has 0 atom stereocenters. The van der Waals surface area contributed by atoms with E-state index in [-0.39, 0.29) is 33.9 Å². The van der Waals surface area contributed by atoms with Gasteiger partial charge in [-0.05, 0) is 48.5 Å².